The maximum absolute atomic E-state index is 13.3. The molecule has 0 spiro atoms. The first kappa shape index (κ1) is 18.6. The lowest BCUT2D eigenvalue weighted by atomic mass is 9.87. The molecule has 2 aromatic rings. The lowest BCUT2D eigenvalue weighted by Gasteiger charge is -2.37. The van der Waals surface area contributed by atoms with Crippen LogP contribution in [0.3, 0.4) is 0 Å². The second-order valence-corrected chi connectivity index (χ2v) is 7.93. The summed E-state index contributed by atoms with van der Waals surface area (Å²) < 4.78 is 26.7. The molecule has 144 valence electrons. The van der Waals surface area contributed by atoms with E-state index in [1.807, 2.05) is 24.3 Å². The molecule has 0 amide bonds. The number of nitrogens with zero attached hydrogens (tertiary/aromatic N) is 2. The normalized spacial score (nSPS) is 20.9. The highest BCUT2D eigenvalue weighted by Gasteiger charge is 2.30. The van der Waals surface area contributed by atoms with Crippen LogP contribution in [0.1, 0.15) is 42.7 Å². The molecule has 0 aliphatic carbocycles. The van der Waals surface area contributed by atoms with Crippen molar-refractivity contribution in [3.05, 3.63) is 71.3 Å². The van der Waals surface area contributed by atoms with Crippen LogP contribution >= 0.6 is 0 Å². The van der Waals surface area contributed by atoms with E-state index in [-0.39, 0.29) is 17.6 Å². The molecule has 2 saturated heterocycles. The van der Waals surface area contributed by atoms with Gasteiger partial charge in [-0.3, -0.25) is 4.90 Å². The zero-order valence-electron chi connectivity index (χ0n) is 15.8. The maximum atomic E-state index is 13.3. The van der Waals surface area contributed by atoms with Gasteiger partial charge in [0.15, 0.2) is 0 Å². The molecule has 2 heterocycles. The van der Waals surface area contributed by atoms with E-state index in [1.165, 1.54) is 56.7 Å². The van der Waals surface area contributed by atoms with Gasteiger partial charge in [0.25, 0.3) is 0 Å². The van der Waals surface area contributed by atoms with Gasteiger partial charge in [-0.1, -0.05) is 24.3 Å². The first-order valence-electron chi connectivity index (χ1n) is 10.2. The Labute approximate surface area is 160 Å². The monoisotopic (exact) mass is 370 g/mol. The standard InChI is InChI=1S/C23H28F2N2/c24-20-9-5-18(6-10-20)23(19-7-11-21(25)12-8-19)4-2-13-26-15-16-27-14-1-3-22(27)17-26/h5-12,22-23H,1-4,13-17H2/t22-/m0/s1. The van der Waals surface area contributed by atoms with E-state index < -0.39 is 0 Å². The maximum Gasteiger partial charge on any atom is 0.123 e. The fraction of sp³-hybridized carbons (Fsp3) is 0.478. The zero-order chi connectivity index (χ0) is 18.6. The summed E-state index contributed by atoms with van der Waals surface area (Å²) in [5.41, 5.74) is 2.20. The molecule has 2 nitrogen and oxygen atoms in total. The summed E-state index contributed by atoms with van der Waals surface area (Å²) in [5.74, 6) is -0.254. The van der Waals surface area contributed by atoms with Gasteiger partial charge in [-0.05, 0) is 74.2 Å². The van der Waals surface area contributed by atoms with Gasteiger partial charge in [-0.25, -0.2) is 8.78 Å². The van der Waals surface area contributed by atoms with Gasteiger partial charge in [0.05, 0.1) is 0 Å². The minimum Gasteiger partial charge on any atom is -0.301 e. The Morgan fingerprint density at radius 3 is 2.11 bits per heavy atom. The molecule has 0 unspecified atom stereocenters. The van der Waals surface area contributed by atoms with Crippen molar-refractivity contribution in [1.29, 1.82) is 0 Å². The molecule has 1 atom stereocenters. The number of halogens is 2. The molecule has 2 aliphatic rings. The summed E-state index contributed by atoms with van der Waals surface area (Å²) >= 11 is 0. The molecule has 0 radical (unpaired) electrons. The van der Waals surface area contributed by atoms with Crippen LogP contribution in [0.5, 0.6) is 0 Å². The van der Waals surface area contributed by atoms with Gasteiger partial charge >= 0.3 is 0 Å². The van der Waals surface area contributed by atoms with Crippen LogP contribution in [-0.4, -0.2) is 48.6 Å². The van der Waals surface area contributed by atoms with Crippen LogP contribution < -0.4 is 0 Å². The molecule has 0 aromatic heterocycles. The Bertz CT molecular complexity index is 684. The Morgan fingerprint density at radius 2 is 1.48 bits per heavy atom. The number of rotatable bonds is 6. The van der Waals surface area contributed by atoms with Crippen molar-refractivity contribution in [2.24, 2.45) is 0 Å². The van der Waals surface area contributed by atoms with Crippen molar-refractivity contribution in [1.82, 2.24) is 9.80 Å². The topological polar surface area (TPSA) is 6.48 Å². The van der Waals surface area contributed by atoms with E-state index in [2.05, 4.69) is 9.80 Å². The predicted molar refractivity (Wildman–Crippen MR) is 105 cm³/mol. The Hall–Kier alpha value is -1.78. The molecule has 0 bridgehead atoms. The minimum atomic E-state index is -0.217. The summed E-state index contributed by atoms with van der Waals surface area (Å²) in [6.45, 7) is 5.93. The number of piperazine rings is 1. The van der Waals surface area contributed by atoms with Gasteiger partial charge in [-0.15, -0.1) is 0 Å². The molecule has 4 rings (SSSR count). The average molecular weight is 370 g/mol. The van der Waals surface area contributed by atoms with E-state index in [9.17, 15) is 8.78 Å². The van der Waals surface area contributed by atoms with E-state index in [0.29, 0.717) is 0 Å². The third-order valence-corrected chi connectivity index (χ3v) is 6.18. The van der Waals surface area contributed by atoms with Crippen LogP contribution in [-0.2, 0) is 0 Å². The molecule has 0 saturated carbocycles. The molecule has 27 heavy (non-hydrogen) atoms. The first-order valence-corrected chi connectivity index (χ1v) is 10.2. The summed E-state index contributed by atoms with van der Waals surface area (Å²) in [6.07, 6.45) is 4.76. The third-order valence-electron chi connectivity index (χ3n) is 6.18. The summed E-state index contributed by atoms with van der Waals surface area (Å²) in [4.78, 5) is 5.23. The molecule has 2 aliphatic heterocycles. The van der Waals surface area contributed by atoms with Gasteiger partial charge in [-0.2, -0.15) is 0 Å². The Balaban J connectivity index is 1.40. The quantitative estimate of drug-likeness (QED) is 0.730. The largest absolute Gasteiger partial charge is 0.301 e. The van der Waals surface area contributed by atoms with Crippen molar-refractivity contribution < 1.29 is 8.78 Å². The summed E-state index contributed by atoms with van der Waals surface area (Å²) in [5, 5.41) is 0. The van der Waals surface area contributed by atoms with E-state index in [0.717, 1.165) is 43.1 Å². The van der Waals surface area contributed by atoms with E-state index in [1.54, 1.807) is 0 Å². The molecular weight excluding hydrogens is 342 g/mol. The lowest BCUT2D eigenvalue weighted by molar-refractivity contribution is 0.103. The van der Waals surface area contributed by atoms with Gasteiger partial charge in [0.2, 0.25) is 0 Å². The fourth-order valence-electron chi connectivity index (χ4n) is 4.69. The van der Waals surface area contributed by atoms with Crippen molar-refractivity contribution in [3.63, 3.8) is 0 Å². The second kappa shape index (κ2) is 8.49. The first-order chi connectivity index (χ1) is 13.2. The fourth-order valence-corrected chi connectivity index (χ4v) is 4.69. The van der Waals surface area contributed by atoms with E-state index in [4.69, 9.17) is 0 Å². The molecule has 0 N–H and O–H groups in total. The number of hydrogen-bond donors (Lipinski definition) is 0. The SMILES string of the molecule is Fc1ccc(C(CCCN2CCN3CCC[C@H]3C2)c2ccc(F)cc2)cc1. The van der Waals surface area contributed by atoms with Crippen molar-refractivity contribution in [2.45, 2.75) is 37.6 Å². The highest BCUT2D eigenvalue weighted by Crippen LogP contribution is 2.30. The number of fused-ring (bicyclic) bond motifs is 1. The second-order valence-electron chi connectivity index (χ2n) is 7.93. The van der Waals surface area contributed by atoms with Crippen LogP contribution in [0.15, 0.2) is 48.5 Å². The molecular formula is C23H28F2N2. The van der Waals surface area contributed by atoms with Gasteiger partial charge < -0.3 is 4.90 Å². The number of benzene rings is 2. The highest BCUT2D eigenvalue weighted by molar-refractivity contribution is 5.32. The van der Waals surface area contributed by atoms with Crippen LogP contribution in [0.2, 0.25) is 0 Å². The van der Waals surface area contributed by atoms with E-state index >= 15 is 0 Å². The minimum absolute atomic E-state index is 0.180. The van der Waals surface area contributed by atoms with Crippen LogP contribution in [0.4, 0.5) is 8.78 Å². The van der Waals surface area contributed by atoms with Crippen molar-refractivity contribution >= 4 is 0 Å². The third kappa shape index (κ3) is 4.56. The van der Waals surface area contributed by atoms with Gasteiger partial charge in [0.1, 0.15) is 11.6 Å². The van der Waals surface area contributed by atoms with Gasteiger partial charge in [0, 0.05) is 31.6 Å². The Morgan fingerprint density at radius 1 is 0.852 bits per heavy atom. The van der Waals surface area contributed by atoms with Crippen LogP contribution in [0, 0.1) is 11.6 Å². The molecule has 2 aromatic carbocycles. The highest BCUT2D eigenvalue weighted by atomic mass is 19.1. The average Bonchev–Trinajstić information content (AvgIpc) is 3.15. The smallest absolute Gasteiger partial charge is 0.123 e. The zero-order valence-corrected chi connectivity index (χ0v) is 15.8. The van der Waals surface area contributed by atoms with Crippen molar-refractivity contribution in [3.8, 4) is 0 Å². The summed E-state index contributed by atoms with van der Waals surface area (Å²) in [7, 11) is 0. The lowest BCUT2D eigenvalue weighted by Crippen LogP contribution is -2.50. The molecule has 4 heteroatoms. The van der Waals surface area contributed by atoms with Crippen LogP contribution in [0.25, 0.3) is 0 Å². The molecule has 2 fully saturated rings. The van der Waals surface area contributed by atoms with Crippen molar-refractivity contribution in [2.75, 3.05) is 32.7 Å². The Kier molecular flexibility index (Phi) is 5.84. The summed E-state index contributed by atoms with van der Waals surface area (Å²) in [6, 6.07) is 14.3. The number of hydrogen-bond acceptors (Lipinski definition) is 2. The predicted octanol–water partition coefficient (Wildman–Crippen LogP) is 4.66.